The van der Waals surface area contributed by atoms with Crippen molar-refractivity contribution in [1.82, 2.24) is 0 Å². The molecule has 0 fully saturated rings. The van der Waals surface area contributed by atoms with E-state index < -0.39 is 0 Å². The molecule has 0 bridgehead atoms. The number of hydrogen-bond acceptors (Lipinski definition) is 1. The van der Waals surface area contributed by atoms with Gasteiger partial charge in [0.25, 0.3) is 0 Å². The highest BCUT2D eigenvalue weighted by molar-refractivity contribution is 9.10. The van der Waals surface area contributed by atoms with Gasteiger partial charge in [-0.2, -0.15) is 0 Å². The summed E-state index contributed by atoms with van der Waals surface area (Å²) < 4.78 is 15.6. The summed E-state index contributed by atoms with van der Waals surface area (Å²) in [4.78, 5) is 0. The van der Waals surface area contributed by atoms with Gasteiger partial charge < -0.3 is 5.32 Å². The number of para-hydroxylation sites is 1. The number of rotatable bonds is 4. The molecular formula is C15H14Br2FN. The van der Waals surface area contributed by atoms with Crippen LogP contribution in [0.4, 0.5) is 10.1 Å². The molecule has 2 aromatic carbocycles. The van der Waals surface area contributed by atoms with Gasteiger partial charge in [-0.25, -0.2) is 4.39 Å². The summed E-state index contributed by atoms with van der Waals surface area (Å²) in [6, 6.07) is 13.1. The first-order valence-corrected chi connectivity index (χ1v) is 7.66. The Balaban J connectivity index is 2.26. The van der Waals surface area contributed by atoms with Crippen LogP contribution in [0.1, 0.15) is 24.9 Å². The highest BCUT2D eigenvalue weighted by Gasteiger charge is 2.13. The van der Waals surface area contributed by atoms with Crippen LogP contribution in [0.5, 0.6) is 0 Å². The third-order valence-corrected chi connectivity index (χ3v) is 4.15. The second-order valence-corrected chi connectivity index (χ2v) is 6.02. The average molecular weight is 387 g/mol. The molecule has 1 nitrogen and oxygen atoms in total. The van der Waals surface area contributed by atoms with Crippen molar-refractivity contribution >= 4 is 37.5 Å². The Morgan fingerprint density at radius 2 is 1.79 bits per heavy atom. The lowest BCUT2D eigenvalue weighted by Crippen LogP contribution is -2.11. The molecule has 0 aliphatic rings. The van der Waals surface area contributed by atoms with Crippen LogP contribution in [-0.2, 0) is 0 Å². The minimum atomic E-state index is -0.245. The molecule has 0 aliphatic carbocycles. The smallest absolute Gasteiger partial charge is 0.147 e. The first kappa shape index (κ1) is 14.5. The van der Waals surface area contributed by atoms with Crippen LogP contribution < -0.4 is 5.32 Å². The van der Waals surface area contributed by atoms with Crippen LogP contribution in [0, 0.1) is 5.82 Å². The molecule has 1 N–H and O–H groups in total. The second-order valence-electron chi connectivity index (χ2n) is 4.25. The first-order valence-electron chi connectivity index (χ1n) is 6.08. The van der Waals surface area contributed by atoms with Crippen LogP contribution in [0.15, 0.2) is 51.4 Å². The largest absolute Gasteiger partial charge is 0.375 e. The molecule has 0 aliphatic heterocycles. The molecule has 1 atom stereocenters. The molecule has 0 radical (unpaired) electrons. The van der Waals surface area contributed by atoms with Crippen LogP contribution >= 0.6 is 31.9 Å². The summed E-state index contributed by atoms with van der Waals surface area (Å²) in [5.41, 5.74) is 1.65. The van der Waals surface area contributed by atoms with Crippen LogP contribution in [-0.4, -0.2) is 0 Å². The zero-order valence-electron chi connectivity index (χ0n) is 10.5. The lowest BCUT2D eigenvalue weighted by atomic mass is 10.0. The van der Waals surface area contributed by atoms with Crippen molar-refractivity contribution in [3.05, 3.63) is 62.8 Å². The Hall–Kier alpha value is -0.870. The fraction of sp³-hybridized carbons (Fsp3) is 0.200. The first-order chi connectivity index (χ1) is 9.11. The van der Waals surface area contributed by atoms with Gasteiger partial charge in [-0.05, 0) is 52.2 Å². The van der Waals surface area contributed by atoms with Gasteiger partial charge >= 0.3 is 0 Å². The van der Waals surface area contributed by atoms with E-state index in [9.17, 15) is 4.39 Å². The fourth-order valence-electron chi connectivity index (χ4n) is 1.93. The van der Waals surface area contributed by atoms with Gasteiger partial charge in [-0.3, -0.25) is 0 Å². The zero-order valence-corrected chi connectivity index (χ0v) is 13.6. The Morgan fingerprint density at radius 1 is 1.11 bits per heavy atom. The highest BCUT2D eigenvalue weighted by atomic mass is 79.9. The molecule has 0 spiro atoms. The predicted octanol–water partition coefficient (Wildman–Crippen LogP) is 5.91. The molecule has 2 aromatic rings. The molecule has 0 saturated heterocycles. The van der Waals surface area contributed by atoms with E-state index in [4.69, 9.17) is 0 Å². The minimum Gasteiger partial charge on any atom is -0.375 e. The molecule has 2 rings (SSSR count). The SMILES string of the molecule is CCC(Nc1c(F)cccc1Br)c1ccc(Br)cc1. The van der Waals surface area contributed by atoms with Gasteiger partial charge in [-0.1, -0.05) is 41.1 Å². The summed E-state index contributed by atoms with van der Waals surface area (Å²) in [5, 5.41) is 3.26. The molecular weight excluding hydrogens is 373 g/mol. The number of nitrogens with one attached hydrogen (secondary N) is 1. The van der Waals surface area contributed by atoms with E-state index >= 15 is 0 Å². The molecule has 1 unspecified atom stereocenters. The lowest BCUT2D eigenvalue weighted by molar-refractivity contribution is 0.623. The topological polar surface area (TPSA) is 12.0 Å². The monoisotopic (exact) mass is 385 g/mol. The Labute approximate surface area is 129 Å². The number of benzene rings is 2. The maximum Gasteiger partial charge on any atom is 0.147 e. The molecule has 0 amide bonds. The normalized spacial score (nSPS) is 12.2. The van der Waals surface area contributed by atoms with Gasteiger partial charge in [0.1, 0.15) is 5.82 Å². The Bertz CT molecular complexity index is 534. The maximum absolute atomic E-state index is 13.8. The van der Waals surface area contributed by atoms with Gasteiger partial charge in [-0.15, -0.1) is 0 Å². The van der Waals surface area contributed by atoms with Crippen molar-refractivity contribution in [1.29, 1.82) is 0 Å². The molecule has 100 valence electrons. The van der Waals surface area contributed by atoms with E-state index in [1.807, 2.05) is 30.3 Å². The lowest BCUT2D eigenvalue weighted by Gasteiger charge is -2.20. The van der Waals surface area contributed by atoms with E-state index in [0.717, 1.165) is 20.9 Å². The van der Waals surface area contributed by atoms with E-state index in [0.29, 0.717) is 5.69 Å². The van der Waals surface area contributed by atoms with Crippen molar-refractivity contribution in [3.8, 4) is 0 Å². The third-order valence-electron chi connectivity index (χ3n) is 2.96. The van der Waals surface area contributed by atoms with Crippen molar-refractivity contribution in [2.45, 2.75) is 19.4 Å². The van der Waals surface area contributed by atoms with Gasteiger partial charge in [0.05, 0.1) is 11.7 Å². The quantitative estimate of drug-likeness (QED) is 0.688. The van der Waals surface area contributed by atoms with Crippen molar-refractivity contribution in [2.24, 2.45) is 0 Å². The Morgan fingerprint density at radius 3 is 2.37 bits per heavy atom. The zero-order chi connectivity index (χ0) is 13.8. The summed E-state index contributed by atoms with van der Waals surface area (Å²) in [6.45, 7) is 2.08. The Kier molecular flexibility index (Phi) is 4.99. The number of anilines is 1. The predicted molar refractivity (Wildman–Crippen MR) is 84.9 cm³/mol. The maximum atomic E-state index is 13.8. The highest BCUT2D eigenvalue weighted by Crippen LogP contribution is 2.30. The van der Waals surface area contributed by atoms with Gasteiger partial charge in [0.15, 0.2) is 0 Å². The molecule has 0 heterocycles. The second kappa shape index (κ2) is 6.53. The van der Waals surface area contributed by atoms with Gasteiger partial charge in [0, 0.05) is 8.95 Å². The summed E-state index contributed by atoms with van der Waals surface area (Å²) >= 11 is 6.80. The van der Waals surface area contributed by atoms with Crippen LogP contribution in [0.3, 0.4) is 0 Å². The van der Waals surface area contributed by atoms with Crippen LogP contribution in [0.2, 0.25) is 0 Å². The van der Waals surface area contributed by atoms with E-state index in [-0.39, 0.29) is 11.9 Å². The fourth-order valence-corrected chi connectivity index (χ4v) is 2.65. The number of halogens is 3. The molecule has 0 saturated carbocycles. The minimum absolute atomic E-state index is 0.0845. The summed E-state index contributed by atoms with van der Waals surface area (Å²) in [7, 11) is 0. The van der Waals surface area contributed by atoms with Crippen molar-refractivity contribution < 1.29 is 4.39 Å². The van der Waals surface area contributed by atoms with Crippen LogP contribution in [0.25, 0.3) is 0 Å². The van der Waals surface area contributed by atoms with Crippen molar-refractivity contribution in [2.75, 3.05) is 5.32 Å². The summed E-state index contributed by atoms with van der Waals surface area (Å²) in [6.07, 6.45) is 0.877. The average Bonchev–Trinajstić information content (AvgIpc) is 2.40. The van der Waals surface area contributed by atoms with E-state index in [1.165, 1.54) is 6.07 Å². The van der Waals surface area contributed by atoms with E-state index in [2.05, 4.69) is 44.1 Å². The summed E-state index contributed by atoms with van der Waals surface area (Å²) in [5.74, 6) is -0.245. The van der Waals surface area contributed by atoms with Crippen molar-refractivity contribution in [3.63, 3.8) is 0 Å². The standard InChI is InChI=1S/C15H14Br2FN/c1-2-14(10-6-8-11(16)9-7-10)19-15-12(17)4-3-5-13(15)18/h3-9,14,19H,2H2,1H3. The number of hydrogen-bond donors (Lipinski definition) is 1. The molecule has 19 heavy (non-hydrogen) atoms. The van der Waals surface area contributed by atoms with E-state index in [1.54, 1.807) is 6.07 Å². The molecule has 4 heteroatoms. The van der Waals surface area contributed by atoms with Gasteiger partial charge in [0.2, 0.25) is 0 Å². The third kappa shape index (κ3) is 3.57. The molecule has 0 aromatic heterocycles.